The number of amides is 1. The van der Waals surface area contributed by atoms with Crippen molar-refractivity contribution in [1.82, 2.24) is 4.90 Å². The minimum Gasteiger partial charge on any atom is -0.339 e. The lowest BCUT2D eigenvalue weighted by Gasteiger charge is -2.31. The van der Waals surface area contributed by atoms with Crippen LogP contribution in [0.3, 0.4) is 0 Å². The van der Waals surface area contributed by atoms with E-state index in [0.29, 0.717) is 12.5 Å². The summed E-state index contributed by atoms with van der Waals surface area (Å²) in [5.74, 6) is 0.570. The fourth-order valence-electron chi connectivity index (χ4n) is 2.88. The summed E-state index contributed by atoms with van der Waals surface area (Å²) >= 11 is 0. The van der Waals surface area contributed by atoms with E-state index in [2.05, 4.69) is 10.4 Å². The molecular formula is C17H26N2O2S. The van der Waals surface area contributed by atoms with E-state index in [1.54, 1.807) is 12.5 Å². The molecule has 0 radical (unpaired) electrons. The van der Waals surface area contributed by atoms with Crippen LogP contribution in [0.2, 0.25) is 0 Å². The predicted molar refractivity (Wildman–Crippen MR) is 91.8 cm³/mol. The smallest absolute Gasteiger partial charge is 0.253 e. The van der Waals surface area contributed by atoms with Crippen LogP contribution >= 0.6 is 0 Å². The molecule has 1 aliphatic heterocycles. The average Bonchev–Trinajstić information content (AvgIpc) is 2.43. The minimum atomic E-state index is -2.01. The normalized spacial score (nSPS) is 16.6. The van der Waals surface area contributed by atoms with Crippen molar-refractivity contribution >= 4 is 15.6 Å². The Hall–Kier alpha value is -1.36. The van der Waals surface area contributed by atoms with Gasteiger partial charge in [0.15, 0.2) is 0 Å². The molecule has 0 aliphatic carbocycles. The van der Waals surface area contributed by atoms with Gasteiger partial charge in [0.1, 0.15) is 0 Å². The molecule has 1 aromatic carbocycles. The van der Waals surface area contributed by atoms with Crippen LogP contribution in [0.15, 0.2) is 22.6 Å². The van der Waals surface area contributed by atoms with Gasteiger partial charge in [-0.15, -0.1) is 0 Å². The van der Waals surface area contributed by atoms with Gasteiger partial charge < -0.3 is 4.90 Å². The van der Waals surface area contributed by atoms with Crippen LogP contribution < -0.4 is 0 Å². The largest absolute Gasteiger partial charge is 0.339 e. The van der Waals surface area contributed by atoms with Crippen molar-refractivity contribution in [1.29, 1.82) is 0 Å². The summed E-state index contributed by atoms with van der Waals surface area (Å²) in [6, 6.07) is 6.00. The second-order valence-corrected chi connectivity index (χ2v) is 9.23. The molecule has 0 saturated carbocycles. The van der Waals surface area contributed by atoms with Crippen molar-refractivity contribution in [2.45, 2.75) is 26.7 Å². The number of rotatable bonds is 3. The summed E-state index contributed by atoms with van der Waals surface area (Å²) in [5.41, 5.74) is 3.03. The van der Waals surface area contributed by atoms with E-state index >= 15 is 0 Å². The number of aryl methyl sites for hydroxylation is 2. The van der Waals surface area contributed by atoms with Crippen LogP contribution in [0, 0.1) is 19.8 Å². The van der Waals surface area contributed by atoms with Crippen molar-refractivity contribution in [3.8, 4) is 0 Å². The fraction of sp³-hybridized carbons (Fsp3) is 0.588. The van der Waals surface area contributed by atoms with E-state index in [9.17, 15) is 9.00 Å². The fourth-order valence-corrected chi connectivity index (χ4v) is 3.45. The Morgan fingerprint density at radius 2 is 1.73 bits per heavy atom. The lowest BCUT2D eigenvalue weighted by molar-refractivity contribution is 0.0693. The van der Waals surface area contributed by atoms with Crippen LogP contribution in [0.5, 0.6) is 0 Å². The van der Waals surface area contributed by atoms with Crippen molar-refractivity contribution in [2.75, 3.05) is 32.1 Å². The topological polar surface area (TPSA) is 49.7 Å². The first-order valence-corrected chi connectivity index (χ1v) is 10.1. The maximum Gasteiger partial charge on any atom is 0.253 e. The molecule has 1 aliphatic rings. The second kappa shape index (κ2) is 6.82. The molecule has 0 unspecified atom stereocenters. The number of carbonyl (C=O) groups excluding carboxylic acids is 1. The zero-order valence-corrected chi connectivity index (χ0v) is 14.8. The minimum absolute atomic E-state index is 0.122. The summed E-state index contributed by atoms with van der Waals surface area (Å²) in [6.07, 6.45) is 5.22. The highest BCUT2D eigenvalue weighted by atomic mass is 32.2. The molecule has 2 rings (SSSR count). The van der Waals surface area contributed by atoms with Gasteiger partial charge in [0.2, 0.25) is 0 Å². The molecule has 1 saturated heterocycles. The lowest BCUT2D eigenvalue weighted by atomic mass is 9.96. The third-order valence-corrected chi connectivity index (χ3v) is 4.78. The van der Waals surface area contributed by atoms with Crippen molar-refractivity contribution in [2.24, 2.45) is 10.3 Å². The molecule has 1 heterocycles. The zero-order valence-electron chi connectivity index (χ0n) is 14.0. The number of likely N-dealkylation sites (tertiary alicyclic amines) is 1. The maximum atomic E-state index is 12.6. The molecule has 0 bridgehead atoms. The molecular weight excluding hydrogens is 296 g/mol. The highest BCUT2D eigenvalue weighted by Crippen LogP contribution is 2.20. The van der Waals surface area contributed by atoms with Gasteiger partial charge in [-0.2, -0.15) is 0 Å². The summed E-state index contributed by atoms with van der Waals surface area (Å²) in [4.78, 5) is 14.5. The van der Waals surface area contributed by atoms with Gasteiger partial charge in [0, 0.05) is 40.9 Å². The maximum absolute atomic E-state index is 12.6. The van der Waals surface area contributed by atoms with Crippen molar-refractivity contribution < 1.29 is 9.00 Å². The Morgan fingerprint density at radius 1 is 1.18 bits per heavy atom. The first kappa shape index (κ1) is 17.0. The number of carbonyl (C=O) groups is 1. The van der Waals surface area contributed by atoms with E-state index in [1.165, 1.54) is 0 Å². The standard InChI is InChI=1S/C17H26N2O2S/c1-13-9-14(2)11-16(10-13)17(20)19-7-5-15(6-8-19)12-18-22(3,4)21/h9-11,15H,5-8,12H2,1-4H3. The quantitative estimate of drug-likeness (QED) is 0.859. The highest BCUT2D eigenvalue weighted by molar-refractivity contribution is 7.92. The average molecular weight is 322 g/mol. The van der Waals surface area contributed by atoms with Crippen LogP contribution in [-0.2, 0) is 9.73 Å². The van der Waals surface area contributed by atoms with E-state index in [1.807, 2.05) is 30.9 Å². The van der Waals surface area contributed by atoms with Crippen LogP contribution in [-0.4, -0.2) is 47.2 Å². The van der Waals surface area contributed by atoms with E-state index < -0.39 is 9.73 Å². The molecule has 5 heteroatoms. The van der Waals surface area contributed by atoms with E-state index in [-0.39, 0.29) is 5.91 Å². The Bertz CT molecular complexity index is 639. The summed E-state index contributed by atoms with van der Waals surface area (Å²) < 4.78 is 15.9. The number of benzene rings is 1. The van der Waals surface area contributed by atoms with Gasteiger partial charge in [0.25, 0.3) is 5.91 Å². The second-order valence-electron chi connectivity index (χ2n) is 6.60. The van der Waals surface area contributed by atoms with Gasteiger partial charge >= 0.3 is 0 Å². The number of nitrogens with zero attached hydrogens (tertiary/aromatic N) is 2. The molecule has 0 atom stereocenters. The van der Waals surface area contributed by atoms with Gasteiger partial charge in [-0.05, 0) is 44.7 Å². The Kier molecular flexibility index (Phi) is 5.27. The number of hydrogen-bond donors (Lipinski definition) is 0. The Balaban J connectivity index is 1.96. The summed E-state index contributed by atoms with van der Waals surface area (Å²) in [6.45, 7) is 6.22. The molecule has 1 fully saturated rings. The van der Waals surface area contributed by atoms with Gasteiger partial charge in [0.05, 0.1) is 6.54 Å². The Labute approximate surface area is 134 Å². The van der Waals surface area contributed by atoms with E-state index in [4.69, 9.17) is 0 Å². The molecule has 1 aromatic rings. The molecule has 0 spiro atoms. The third kappa shape index (κ3) is 4.83. The van der Waals surface area contributed by atoms with Crippen LogP contribution in [0.25, 0.3) is 0 Å². The summed E-state index contributed by atoms with van der Waals surface area (Å²) in [7, 11) is -2.01. The van der Waals surface area contributed by atoms with Crippen molar-refractivity contribution in [3.63, 3.8) is 0 Å². The highest BCUT2D eigenvalue weighted by Gasteiger charge is 2.23. The monoisotopic (exact) mass is 322 g/mol. The summed E-state index contributed by atoms with van der Waals surface area (Å²) in [5, 5.41) is 0. The van der Waals surface area contributed by atoms with Crippen LogP contribution in [0.1, 0.15) is 34.3 Å². The van der Waals surface area contributed by atoms with Crippen LogP contribution in [0.4, 0.5) is 0 Å². The molecule has 0 N–H and O–H groups in total. The van der Waals surface area contributed by atoms with E-state index in [0.717, 1.165) is 42.6 Å². The number of piperidine rings is 1. The number of hydrogen-bond acceptors (Lipinski definition) is 3. The molecule has 1 amide bonds. The van der Waals surface area contributed by atoms with Gasteiger partial charge in [-0.25, -0.2) is 4.36 Å². The first-order valence-electron chi connectivity index (χ1n) is 7.75. The molecule has 122 valence electrons. The van der Waals surface area contributed by atoms with Crippen molar-refractivity contribution in [3.05, 3.63) is 34.9 Å². The third-order valence-electron chi connectivity index (χ3n) is 4.01. The van der Waals surface area contributed by atoms with Gasteiger partial charge in [-0.3, -0.25) is 9.00 Å². The molecule has 4 nitrogen and oxygen atoms in total. The molecule has 22 heavy (non-hydrogen) atoms. The predicted octanol–water partition coefficient (Wildman–Crippen LogP) is 2.88. The molecule has 0 aromatic heterocycles. The Morgan fingerprint density at radius 3 is 2.23 bits per heavy atom. The lowest BCUT2D eigenvalue weighted by Crippen LogP contribution is -2.39. The SMILES string of the molecule is Cc1cc(C)cc(C(=O)N2CCC(CN=S(C)(C)=O)CC2)c1. The first-order chi connectivity index (χ1) is 10.2. The zero-order chi connectivity index (χ0) is 16.3. The van der Waals surface area contributed by atoms with Gasteiger partial charge in [-0.1, -0.05) is 17.2 Å².